The number of ether oxygens (including phenoxy) is 1. The van der Waals surface area contributed by atoms with Gasteiger partial charge in [-0.3, -0.25) is 4.99 Å². The molecule has 0 radical (unpaired) electrons. The van der Waals surface area contributed by atoms with Gasteiger partial charge in [-0.15, -0.1) is 0 Å². The van der Waals surface area contributed by atoms with Crippen molar-refractivity contribution in [3.63, 3.8) is 0 Å². The lowest BCUT2D eigenvalue weighted by atomic mass is 10.1. The average Bonchev–Trinajstić information content (AvgIpc) is 2.47. The first-order valence-electron chi connectivity index (χ1n) is 6.57. The number of hydrogen-bond donors (Lipinski definition) is 0. The van der Waals surface area contributed by atoms with Gasteiger partial charge in [-0.25, -0.2) is 4.79 Å². The first-order valence-corrected chi connectivity index (χ1v) is 6.57. The third kappa shape index (κ3) is 3.54. The molecule has 2 aromatic rings. The second-order valence-corrected chi connectivity index (χ2v) is 4.38. The lowest BCUT2D eigenvalue weighted by molar-refractivity contribution is 0.0526. The van der Waals surface area contributed by atoms with Crippen LogP contribution in [0.4, 0.5) is 5.69 Å². The first-order chi connectivity index (χ1) is 9.70. The predicted molar refractivity (Wildman–Crippen MR) is 80.8 cm³/mol. The van der Waals surface area contributed by atoms with Crippen LogP contribution in [0.25, 0.3) is 0 Å². The largest absolute Gasteiger partial charge is 0.462 e. The Kier molecular flexibility index (Phi) is 4.66. The van der Waals surface area contributed by atoms with Crippen molar-refractivity contribution in [3.05, 3.63) is 65.2 Å². The maximum atomic E-state index is 11.5. The lowest BCUT2D eigenvalue weighted by Crippen LogP contribution is -2.03. The Morgan fingerprint density at radius 1 is 1.15 bits per heavy atom. The van der Waals surface area contributed by atoms with Crippen molar-refractivity contribution < 1.29 is 9.53 Å². The second-order valence-electron chi connectivity index (χ2n) is 4.38. The number of aliphatic imine (C=N–C) groups is 1. The molecule has 20 heavy (non-hydrogen) atoms. The van der Waals surface area contributed by atoms with Crippen LogP contribution in [0.5, 0.6) is 0 Å². The lowest BCUT2D eigenvalue weighted by Gasteiger charge is -2.02. The molecule has 0 bridgehead atoms. The van der Waals surface area contributed by atoms with Gasteiger partial charge in [0.1, 0.15) is 0 Å². The minimum absolute atomic E-state index is 0.304. The highest BCUT2D eigenvalue weighted by molar-refractivity contribution is 5.90. The molecule has 0 saturated heterocycles. The minimum atomic E-state index is -0.304. The van der Waals surface area contributed by atoms with Gasteiger partial charge in [0.25, 0.3) is 0 Å². The third-order valence-corrected chi connectivity index (χ3v) is 2.92. The average molecular weight is 267 g/mol. The Labute approximate surface area is 118 Å². The molecule has 102 valence electrons. The van der Waals surface area contributed by atoms with E-state index in [2.05, 4.69) is 4.99 Å². The molecule has 0 heterocycles. The van der Waals surface area contributed by atoms with Crippen molar-refractivity contribution in [1.29, 1.82) is 0 Å². The summed E-state index contributed by atoms with van der Waals surface area (Å²) in [5.74, 6) is -0.304. The highest BCUT2D eigenvalue weighted by Gasteiger charge is 2.04. The van der Waals surface area contributed by atoms with E-state index < -0.39 is 0 Å². The van der Waals surface area contributed by atoms with E-state index in [4.69, 9.17) is 4.74 Å². The number of benzene rings is 2. The number of hydrogen-bond acceptors (Lipinski definition) is 3. The summed E-state index contributed by atoms with van der Waals surface area (Å²) in [4.78, 5) is 15.9. The monoisotopic (exact) mass is 267 g/mol. The summed E-state index contributed by atoms with van der Waals surface area (Å²) in [5.41, 5.74) is 3.62. The van der Waals surface area contributed by atoms with Crippen LogP contribution in [0.2, 0.25) is 0 Å². The number of aryl methyl sites for hydroxylation is 1. The van der Waals surface area contributed by atoms with E-state index in [-0.39, 0.29) is 5.97 Å². The van der Waals surface area contributed by atoms with Crippen LogP contribution in [-0.2, 0) is 4.74 Å². The van der Waals surface area contributed by atoms with E-state index in [9.17, 15) is 4.79 Å². The Hall–Kier alpha value is -2.42. The summed E-state index contributed by atoms with van der Waals surface area (Å²) in [6.45, 7) is 4.22. The molecule has 0 fully saturated rings. The molecule has 3 heteroatoms. The molecule has 0 saturated carbocycles. The van der Waals surface area contributed by atoms with E-state index in [0.717, 1.165) is 11.3 Å². The van der Waals surface area contributed by atoms with Crippen LogP contribution < -0.4 is 0 Å². The van der Waals surface area contributed by atoms with E-state index in [1.807, 2.05) is 37.4 Å². The standard InChI is InChI=1S/C17H17NO2/c1-3-20-17(19)14-8-10-16(11-9-14)18-12-15-7-5-4-6-13(15)2/h4-12H,3H2,1-2H3. The van der Waals surface area contributed by atoms with E-state index in [1.54, 1.807) is 31.2 Å². The number of carbonyl (C=O) groups is 1. The highest BCUT2D eigenvalue weighted by Crippen LogP contribution is 2.14. The van der Waals surface area contributed by atoms with Crippen LogP contribution >= 0.6 is 0 Å². The van der Waals surface area contributed by atoms with Crippen molar-refractivity contribution in [3.8, 4) is 0 Å². The predicted octanol–water partition coefficient (Wildman–Crippen LogP) is 3.92. The van der Waals surface area contributed by atoms with Crippen LogP contribution in [0.1, 0.15) is 28.4 Å². The van der Waals surface area contributed by atoms with Crippen LogP contribution in [0.15, 0.2) is 53.5 Å². The van der Waals surface area contributed by atoms with E-state index >= 15 is 0 Å². The van der Waals surface area contributed by atoms with E-state index in [1.165, 1.54) is 5.56 Å². The van der Waals surface area contributed by atoms with Crippen molar-refractivity contribution >= 4 is 17.9 Å². The SMILES string of the molecule is CCOC(=O)c1ccc(N=Cc2ccccc2C)cc1. The summed E-state index contributed by atoms with van der Waals surface area (Å²) < 4.78 is 4.94. The van der Waals surface area contributed by atoms with Gasteiger partial charge in [0.2, 0.25) is 0 Å². The van der Waals surface area contributed by atoms with Crippen molar-refractivity contribution in [1.82, 2.24) is 0 Å². The summed E-state index contributed by atoms with van der Waals surface area (Å²) in [6.07, 6.45) is 1.83. The number of rotatable bonds is 4. The van der Waals surface area contributed by atoms with Crippen molar-refractivity contribution in [2.45, 2.75) is 13.8 Å². The topological polar surface area (TPSA) is 38.7 Å². The maximum Gasteiger partial charge on any atom is 0.338 e. The molecular weight excluding hydrogens is 250 g/mol. The summed E-state index contributed by atoms with van der Waals surface area (Å²) in [5, 5.41) is 0. The Balaban J connectivity index is 2.11. The fraction of sp³-hybridized carbons (Fsp3) is 0.176. The van der Waals surface area contributed by atoms with Gasteiger partial charge in [0.05, 0.1) is 17.9 Å². The van der Waals surface area contributed by atoms with Crippen LogP contribution in [0.3, 0.4) is 0 Å². The van der Waals surface area contributed by atoms with Crippen LogP contribution in [-0.4, -0.2) is 18.8 Å². The molecule has 0 amide bonds. The molecule has 0 atom stereocenters. The molecule has 0 spiro atoms. The normalized spacial score (nSPS) is 10.7. The van der Waals surface area contributed by atoms with Crippen LogP contribution in [0, 0.1) is 6.92 Å². The van der Waals surface area contributed by atoms with Crippen molar-refractivity contribution in [2.75, 3.05) is 6.61 Å². The zero-order chi connectivity index (χ0) is 14.4. The summed E-state index contributed by atoms with van der Waals surface area (Å²) in [7, 11) is 0. The molecule has 2 rings (SSSR count). The van der Waals surface area contributed by atoms with Crippen molar-refractivity contribution in [2.24, 2.45) is 4.99 Å². The van der Waals surface area contributed by atoms with Gasteiger partial charge < -0.3 is 4.74 Å². The maximum absolute atomic E-state index is 11.5. The smallest absolute Gasteiger partial charge is 0.338 e. The summed E-state index contributed by atoms with van der Waals surface area (Å²) >= 11 is 0. The first kappa shape index (κ1) is 14.0. The summed E-state index contributed by atoms with van der Waals surface area (Å²) in [6, 6.07) is 15.1. The molecule has 0 aliphatic rings. The molecular formula is C17H17NO2. The highest BCUT2D eigenvalue weighted by atomic mass is 16.5. The van der Waals surface area contributed by atoms with Gasteiger partial charge >= 0.3 is 5.97 Å². The molecule has 0 aromatic heterocycles. The quantitative estimate of drug-likeness (QED) is 0.622. The Bertz CT molecular complexity index is 615. The fourth-order valence-corrected chi connectivity index (χ4v) is 1.77. The minimum Gasteiger partial charge on any atom is -0.462 e. The van der Waals surface area contributed by atoms with Gasteiger partial charge in [-0.05, 0) is 49.2 Å². The molecule has 0 N–H and O–H groups in total. The fourth-order valence-electron chi connectivity index (χ4n) is 1.77. The molecule has 0 aliphatic carbocycles. The zero-order valence-corrected chi connectivity index (χ0v) is 11.7. The third-order valence-electron chi connectivity index (χ3n) is 2.92. The van der Waals surface area contributed by atoms with Gasteiger partial charge in [-0.2, -0.15) is 0 Å². The molecule has 0 unspecified atom stereocenters. The molecule has 2 aromatic carbocycles. The van der Waals surface area contributed by atoms with Gasteiger partial charge in [0.15, 0.2) is 0 Å². The number of carbonyl (C=O) groups excluding carboxylic acids is 1. The van der Waals surface area contributed by atoms with E-state index in [0.29, 0.717) is 12.2 Å². The molecule has 0 aliphatic heterocycles. The molecule has 3 nitrogen and oxygen atoms in total. The second kappa shape index (κ2) is 6.66. The Morgan fingerprint density at radius 2 is 1.85 bits per heavy atom. The Morgan fingerprint density at radius 3 is 2.50 bits per heavy atom. The van der Waals surface area contributed by atoms with Gasteiger partial charge in [0, 0.05) is 6.21 Å². The number of esters is 1. The zero-order valence-electron chi connectivity index (χ0n) is 11.7. The van der Waals surface area contributed by atoms with Gasteiger partial charge in [-0.1, -0.05) is 24.3 Å². The number of nitrogens with zero attached hydrogens (tertiary/aromatic N) is 1.